The van der Waals surface area contributed by atoms with Gasteiger partial charge >= 0.3 is 5.69 Å². The van der Waals surface area contributed by atoms with E-state index in [2.05, 4.69) is 10.3 Å². The van der Waals surface area contributed by atoms with Crippen LogP contribution in [0.25, 0.3) is 11.2 Å². The van der Waals surface area contributed by atoms with Crippen molar-refractivity contribution in [1.82, 2.24) is 18.7 Å². The molecule has 8 nitrogen and oxygen atoms in total. The molecule has 1 N–H and O–H groups in total. The van der Waals surface area contributed by atoms with Crippen LogP contribution >= 0.6 is 0 Å². The Hall–Kier alpha value is -3.94. The first-order chi connectivity index (χ1) is 14.4. The number of nitrogens with zero attached hydrogens (tertiary/aromatic N) is 4. The zero-order valence-corrected chi connectivity index (χ0v) is 16.9. The predicted molar refractivity (Wildman–Crippen MR) is 115 cm³/mol. The van der Waals surface area contributed by atoms with Gasteiger partial charge in [0.25, 0.3) is 11.5 Å². The Morgan fingerprint density at radius 2 is 1.63 bits per heavy atom. The minimum absolute atomic E-state index is 0.188. The fourth-order valence-corrected chi connectivity index (χ4v) is 3.48. The van der Waals surface area contributed by atoms with Crippen LogP contribution in [-0.2, 0) is 18.9 Å². The molecule has 0 bridgehead atoms. The number of fused-ring (bicyclic) bond motifs is 1. The van der Waals surface area contributed by atoms with Crippen molar-refractivity contribution in [3.8, 4) is 0 Å². The predicted octanol–water partition coefficient (Wildman–Crippen LogP) is 1.97. The molecule has 0 radical (unpaired) electrons. The molecule has 152 valence electrons. The van der Waals surface area contributed by atoms with Crippen LogP contribution in [0, 0.1) is 6.92 Å². The summed E-state index contributed by atoms with van der Waals surface area (Å²) in [6.45, 7) is 1.97. The highest BCUT2D eigenvalue weighted by Crippen LogP contribution is 2.24. The first kappa shape index (κ1) is 19.4. The summed E-state index contributed by atoms with van der Waals surface area (Å²) >= 11 is 0. The minimum Gasteiger partial charge on any atom is -0.324 e. The van der Waals surface area contributed by atoms with Crippen LogP contribution in [-0.4, -0.2) is 24.6 Å². The standard InChI is InChI=1S/C22H21N5O3/c1-14-9-11-16(12-10-14)24-20(28)17(15-7-5-4-6-8-15)27-13-23-19-18(27)21(29)26(3)22(30)25(19)2/h4-13,17H,1-3H3,(H,24,28)/t17-/m0/s1. The summed E-state index contributed by atoms with van der Waals surface area (Å²) in [6.07, 6.45) is 1.43. The summed E-state index contributed by atoms with van der Waals surface area (Å²) in [4.78, 5) is 42.8. The van der Waals surface area contributed by atoms with Crippen molar-refractivity contribution in [2.75, 3.05) is 5.32 Å². The number of rotatable bonds is 4. The van der Waals surface area contributed by atoms with Crippen molar-refractivity contribution in [2.45, 2.75) is 13.0 Å². The van der Waals surface area contributed by atoms with Gasteiger partial charge in [-0.05, 0) is 24.6 Å². The Bertz CT molecular complexity index is 1350. The highest BCUT2D eigenvalue weighted by Gasteiger charge is 2.27. The second-order valence-corrected chi connectivity index (χ2v) is 7.20. The third kappa shape index (κ3) is 3.22. The van der Waals surface area contributed by atoms with Gasteiger partial charge < -0.3 is 9.88 Å². The molecule has 0 saturated heterocycles. The van der Waals surface area contributed by atoms with Crippen molar-refractivity contribution >= 4 is 22.8 Å². The molecule has 0 unspecified atom stereocenters. The lowest BCUT2D eigenvalue weighted by atomic mass is 10.1. The van der Waals surface area contributed by atoms with Crippen LogP contribution in [0.1, 0.15) is 17.2 Å². The van der Waals surface area contributed by atoms with E-state index in [9.17, 15) is 14.4 Å². The fraction of sp³-hybridized carbons (Fsp3) is 0.182. The molecule has 0 aliphatic carbocycles. The second-order valence-electron chi connectivity index (χ2n) is 7.20. The largest absolute Gasteiger partial charge is 0.332 e. The van der Waals surface area contributed by atoms with E-state index in [1.165, 1.54) is 22.5 Å². The molecule has 4 rings (SSSR count). The Balaban J connectivity index is 1.89. The van der Waals surface area contributed by atoms with Crippen LogP contribution in [0.3, 0.4) is 0 Å². The van der Waals surface area contributed by atoms with Gasteiger partial charge in [-0.1, -0.05) is 48.0 Å². The maximum absolute atomic E-state index is 13.4. The Labute approximate surface area is 172 Å². The Morgan fingerprint density at radius 1 is 0.967 bits per heavy atom. The van der Waals surface area contributed by atoms with Crippen molar-refractivity contribution in [2.24, 2.45) is 14.1 Å². The van der Waals surface area contributed by atoms with Gasteiger partial charge in [0, 0.05) is 19.8 Å². The molecule has 0 aliphatic heterocycles. The van der Waals surface area contributed by atoms with Gasteiger partial charge in [0.2, 0.25) is 0 Å². The van der Waals surface area contributed by atoms with Crippen LogP contribution in [0.4, 0.5) is 5.69 Å². The molecule has 0 fully saturated rings. The first-order valence-corrected chi connectivity index (χ1v) is 9.43. The number of aryl methyl sites for hydroxylation is 2. The molecule has 4 aromatic rings. The molecule has 0 aliphatic rings. The normalized spacial score (nSPS) is 12.1. The minimum atomic E-state index is -0.845. The highest BCUT2D eigenvalue weighted by molar-refractivity contribution is 5.96. The summed E-state index contributed by atoms with van der Waals surface area (Å²) in [6, 6.07) is 15.8. The first-order valence-electron chi connectivity index (χ1n) is 9.43. The van der Waals surface area contributed by atoms with Gasteiger partial charge in [-0.25, -0.2) is 9.78 Å². The number of hydrogen-bond donors (Lipinski definition) is 1. The van der Waals surface area contributed by atoms with Gasteiger partial charge in [0.05, 0.1) is 6.33 Å². The van der Waals surface area contributed by atoms with Crippen LogP contribution in [0.15, 0.2) is 70.5 Å². The lowest BCUT2D eigenvalue weighted by Crippen LogP contribution is -2.38. The third-order valence-electron chi connectivity index (χ3n) is 5.13. The van der Waals surface area contributed by atoms with Gasteiger partial charge in [-0.3, -0.25) is 18.7 Å². The molecule has 1 amide bonds. The lowest BCUT2D eigenvalue weighted by molar-refractivity contribution is -0.118. The molecule has 0 saturated carbocycles. The average Bonchev–Trinajstić information content (AvgIpc) is 3.18. The van der Waals surface area contributed by atoms with Crippen LogP contribution in [0.2, 0.25) is 0 Å². The van der Waals surface area contributed by atoms with E-state index in [-0.39, 0.29) is 17.1 Å². The Kier molecular flexibility index (Phi) is 4.83. The van der Waals surface area contributed by atoms with E-state index >= 15 is 0 Å². The maximum atomic E-state index is 13.4. The number of aromatic nitrogens is 4. The maximum Gasteiger partial charge on any atom is 0.332 e. The summed E-state index contributed by atoms with van der Waals surface area (Å²) in [7, 11) is 2.96. The summed E-state index contributed by atoms with van der Waals surface area (Å²) in [5.74, 6) is -0.319. The zero-order valence-electron chi connectivity index (χ0n) is 16.9. The number of hydrogen-bond acceptors (Lipinski definition) is 4. The zero-order chi connectivity index (χ0) is 21.4. The molecule has 2 aromatic carbocycles. The molecule has 1 atom stereocenters. The SMILES string of the molecule is Cc1ccc(NC(=O)[C@H](c2ccccc2)n2cnc3c2c(=O)n(C)c(=O)n3C)cc1. The van der Waals surface area contributed by atoms with Gasteiger partial charge in [0.1, 0.15) is 6.04 Å². The smallest absolute Gasteiger partial charge is 0.324 e. The summed E-state index contributed by atoms with van der Waals surface area (Å²) < 4.78 is 3.84. The average molecular weight is 403 g/mol. The number of carbonyl (C=O) groups is 1. The van der Waals surface area contributed by atoms with Crippen LogP contribution < -0.4 is 16.6 Å². The lowest BCUT2D eigenvalue weighted by Gasteiger charge is -2.20. The summed E-state index contributed by atoms with van der Waals surface area (Å²) in [5.41, 5.74) is 1.86. The highest BCUT2D eigenvalue weighted by atomic mass is 16.2. The molecular formula is C22H21N5O3. The third-order valence-corrected chi connectivity index (χ3v) is 5.13. The van der Waals surface area contributed by atoms with E-state index in [1.807, 2.05) is 61.5 Å². The van der Waals surface area contributed by atoms with Crippen molar-refractivity contribution in [3.63, 3.8) is 0 Å². The van der Waals surface area contributed by atoms with Gasteiger partial charge in [-0.2, -0.15) is 0 Å². The number of imidazole rings is 1. The quantitative estimate of drug-likeness (QED) is 0.564. The molecule has 2 heterocycles. The second kappa shape index (κ2) is 7.47. The monoisotopic (exact) mass is 403 g/mol. The molecule has 8 heteroatoms. The van der Waals surface area contributed by atoms with E-state index in [1.54, 1.807) is 7.05 Å². The Morgan fingerprint density at radius 3 is 2.30 bits per heavy atom. The number of benzene rings is 2. The molecular weight excluding hydrogens is 382 g/mol. The van der Waals surface area contributed by atoms with E-state index in [0.29, 0.717) is 11.3 Å². The topological polar surface area (TPSA) is 90.9 Å². The van der Waals surface area contributed by atoms with Crippen molar-refractivity contribution < 1.29 is 4.79 Å². The van der Waals surface area contributed by atoms with Gasteiger partial charge in [-0.15, -0.1) is 0 Å². The molecule has 2 aromatic heterocycles. The number of anilines is 1. The van der Waals surface area contributed by atoms with E-state index < -0.39 is 17.3 Å². The van der Waals surface area contributed by atoms with E-state index in [4.69, 9.17) is 0 Å². The summed E-state index contributed by atoms with van der Waals surface area (Å²) in [5, 5.41) is 2.92. The van der Waals surface area contributed by atoms with Crippen LogP contribution in [0.5, 0.6) is 0 Å². The van der Waals surface area contributed by atoms with Gasteiger partial charge in [0.15, 0.2) is 11.2 Å². The molecule has 30 heavy (non-hydrogen) atoms. The number of nitrogens with one attached hydrogen (secondary N) is 1. The number of carbonyl (C=O) groups excluding carboxylic acids is 1. The van der Waals surface area contributed by atoms with Crippen molar-refractivity contribution in [1.29, 1.82) is 0 Å². The van der Waals surface area contributed by atoms with Crippen molar-refractivity contribution in [3.05, 3.63) is 92.9 Å². The number of amides is 1. The fourth-order valence-electron chi connectivity index (χ4n) is 3.48. The van der Waals surface area contributed by atoms with E-state index in [0.717, 1.165) is 10.1 Å². The molecule has 0 spiro atoms.